The van der Waals surface area contributed by atoms with E-state index in [2.05, 4.69) is 5.32 Å². The number of carbonyl (C=O) groups excluding carboxylic acids is 1. The summed E-state index contributed by atoms with van der Waals surface area (Å²) >= 11 is 0. The SMILES string of the molecule is CS(=O)(=O)N1CCC[C@@H](C(=O)NC(c2ccccc2)c2ccccc2)C1. The maximum absolute atomic E-state index is 12.9. The minimum atomic E-state index is -3.27. The van der Waals surface area contributed by atoms with E-state index in [1.165, 1.54) is 10.6 Å². The van der Waals surface area contributed by atoms with Crippen molar-refractivity contribution in [3.05, 3.63) is 71.8 Å². The first-order valence-corrected chi connectivity index (χ1v) is 10.7. The van der Waals surface area contributed by atoms with Gasteiger partial charge in [-0.05, 0) is 24.0 Å². The Morgan fingerprint density at radius 3 is 2.08 bits per heavy atom. The van der Waals surface area contributed by atoms with Crippen LogP contribution < -0.4 is 5.32 Å². The molecule has 1 fully saturated rings. The van der Waals surface area contributed by atoms with E-state index in [9.17, 15) is 13.2 Å². The third kappa shape index (κ3) is 4.51. The number of benzene rings is 2. The van der Waals surface area contributed by atoms with Gasteiger partial charge < -0.3 is 5.32 Å². The number of carbonyl (C=O) groups is 1. The van der Waals surface area contributed by atoms with Crippen molar-refractivity contribution in [2.24, 2.45) is 5.92 Å². The lowest BCUT2D eigenvalue weighted by atomic mass is 9.95. The number of amides is 1. The smallest absolute Gasteiger partial charge is 0.225 e. The average molecular weight is 372 g/mol. The molecule has 0 aliphatic carbocycles. The zero-order chi connectivity index (χ0) is 18.6. The molecule has 5 nitrogen and oxygen atoms in total. The fourth-order valence-corrected chi connectivity index (χ4v) is 4.28. The Bertz CT molecular complexity index is 798. The Kier molecular flexibility index (Phi) is 5.74. The molecule has 6 heteroatoms. The molecule has 3 rings (SSSR count). The van der Waals surface area contributed by atoms with Gasteiger partial charge in [0.2, 0.25) is 15.9 Å². The van der Waals surface area contributed by atoms with Gasteiger partial charge in [0.05, 0.1) is 18.2 Å². The number of hydrogen-bond acceptors (Lipinski definition) is 3. The summed E-state index contributed by atoms with van der Waals surface area (Å²) in [4.78, 5) is 12.9. The van der Waals surface area contributed by atoms with Gasteiger partial charge in [-0.2, -0.15) is 0 Å². The third-order valence-electron chi connectivity index (χ3n) is 4.78. The molecule has 0 aromatic heterocycles. The zero-order valence-corrected chi connectivity index (χ0v) is 15.7. The molecule has 1 aliphatic rings. The van der Waals surface area contributed by atoms with Crippen molar-refractivity contribution < 1.29 is 13.2 Å². The standard InChI is InChI=1S/C20H24N2O3S/c1-26(24,25)22-14-8-13-18(15-22)20(23)21-19(16-9-4-2-5-10-16)17-11-6-3-7-12-17/h2-7,9-12,18-19H,8,13-15H2,1H3,(H,21,23)/t18-/m1/s1. The van der Waals surface area contributed by atoms with Gasteiger partial charge in [-0.1, -0.05) is 60.7 Å². The second-order valence-electron chi connectivity index (χ2n) is 6.72. The minimum absolute atomic E-state index is 0.101. The normalized spacial score (nSPS) is 18.6. The van der Waals surface area contributed by atoms with Crippen LogP contribution in [0.25, 0.3) is 0 Å². The lowest BCUT2D eigenvalue weighted by Gasteiger charge is -2.31. The summed E-state index contributed by atoms with van der Waals surface area (Å²) in [6, 6.07) is 19.4. The van der Waals surface area contributed by atoms with E-state index < -0.39 is 10.0 Å². The van der Waals surface area contributed by atoms with Crippen LogP contribution in [0.4, 0.5) is 0 Å². The van der Waals surface area contributed by atoms with Gasteiger partial charge in [0, 0.05) is 13.1 Å². The molecule has 1 N–H and O–H groups in total. The molecule has 0 unspecified atom stereocenters. The highest BCUT2D eigenvalue weighted by Crippen LogP contribution is 2.24. The summed E-state index contributed by atoms with van der Waals surface area (Å²) < 4.78 is 25.0. The molecule has 2 aromatic rings. The lowest BCUT2D eigenvalue weighted by molar-refractivity contribution is -0.126. The van der Waals surface area contributed by atoms with Gasteiger partial charge >= 0.3 is 0 Å². The van der Waals surface area contributed by atoms with E-state index in [1.807, 2.05) is 60.7 Å². The first-order chi connectivity index (χ1) is 12.4. The lowest BCUT2D eigenvalue weighted by Crippen LogP contribution is -2.45. The van der Waals surface area contributed by atoms with Crippen LogP contribution in [0.15, 0.2) is 60.7 Å². The molecule has 0 radical (unpaired) electrons. The molecule has 1 atom stereocenters. The Labute approximate surface area is 155 Å². The Balaban J connectivity index is 1.80. The predicted molar refractivity (Wildman–Crippen MR) is 102 cm³/mol. The average Bonchev–Trinajstić information content (AvgIpc) is 2.67. The van der Waals surface area contributed by atoms with E-state index in [4.69, 9.17) is 0 Å². The monoisotopic (exact) mass is 372 g/mol. The predicted octanol–water partition coefficient (Wildman–Crippen LogP) is 2.56. The first-order valence-electron chi connectivity index (χ1n) is 8.80. The first kappa shape index (κ1) is 18.6. The quantitative estimate of drug-likeness (QED) is 0.877. The van der Waals surface area contributed by atoms with E-state index >= 15 is 0 Å². The van der Waals surface area contributed by atoms with Gasteiger partial charge in [-0.3, -0.25) is 4.79 Å². The zero-order valence-electron chi connectivity index (χ0n) is 14.8. The fourth-order valence-electron chi connectivity index (χ4n) is 3.37. The summed E-state index contributed by atoms with van der Waals surface area (Å²) in [6.07, 6.45) is 2.60. The molecular weight excluding hydrogens is 348 g/mol. The molecule has 1 saturated heterocycles. The largest absolute Gasteiger partial charge is 0.345 e. The van der Waals surface area contributed by atoms with E-state index in [0.29, 0.717) is 19.4 Å². The Morgan fingerprint density at radius 2 is 1.58 bits per heavy atom. The van der Waals surface area contributed by atoms with Gasteiger partial charge in [0.15, 0.2) is 0 Å². The highest BCUT2D eigenvalue weighted by molar-refractivity contribution is 7.88. The van der Waals surface area contributed by atoms with Gasteiger partial charge in [-0.15, -0.1) is 0 Å². The van der Waals surface area contributed by atoms with Crippen LogP contribution in [0.2, 0.25) is 0 Å². The summed E-state index contributed by atoms with van der Waals surface area (Å²) in [5.74, 6) is -0.426. The summed E-state index contributed by atoms with van der Waals surface area (Å²) in [5, 5.41) is 3.13. The fraction of sp³-hybridized carbons (Fsp3) is 0.350. The van der Waals surface area contributed by atoms with Crippen molar-refractivity contribution in [3.63, 3.8) is 0 Å². The van der Waals surface area contributed by atoms with Crippen molar-refractivity contribution in [3.8, 4) is 0 Å². The molecule has 26 heavy (non-hydrogen) atoms. The summed E-state index contributed by atoms with van der Waals surface area (Å²) in [5.41, 5.74) is 2.01. The molecule has 1 aliphatic heterocycles. The molecule has 1 heterocycles. The number of nitrogens with zero attached hydrogens (tertiary/aromatic N) is 1. The van der Waals surface area contributed by atoms with Gasteiger partial charge in [0.25, 0.3) is 0 Å². The van der Waals surface area contributed by atoms with E-state index in [0.717, 1.165) is 11.1 Å². The molecule has 2 aromatic carbocycles. The van der Waals surface area contributed by atoms with Crippen molar-refractivity contribution in [2.45, 2.75) is 18.9 Å². The van der Waals surface area contributed by atoms with Crippen LogP contribution in [0.3, 0.4) is 0 Å². The third-order valence-corrected chi connectivity index (χ3v) is 6.05. The number of rotatable bonds is 5. The van der Waals surface area contributed by atoms with Crippen LogP contribution in [-0.4, -0.2) is 38.0 Å². The Morgan fingerprint density at radius 1 is 1.04 bits per heavy atom. The van der Waals surface area contributed by atoms with Crippen LogP contribution in [0.5, 0.6) is 0 Å². The molecule has 0 bridgehead atoms. The van der Waals surface area contributed by atoms with Crippen molar-refractivity contribution in [1.29, 1.82) is 0 Å². The van der Waals surface area contributed by atoms with Gasteiger partial charge in [-0.25, -0.2) is 12.7 Å². The second kappa shape index (κ2) is 8.01. The maximum Gasteiger partial charge on any atom is 0.225 e. The topological polar surface area (TPSA) is 66.5 Å². The molecule has 138 valence electrons. The maximum atomic E-state index is 12.9. The molecular formula is C20H24N2O3S. The van der Waals surface area contributed by atoms with Crippen LogP contribution in [0, 0.1) is 5.92 Å². The van der Waals surface area contributed by atoms with Crippen LogP contribution in [-0.2, 0) is 14.8 Å². The number of piperidine rings is 1. The van der Waals surface area contributed by atoms with E-state index in [1.54, 1.807) is 0 Å². The number of nitrogens with one attached hydrogen (secondary N) is 1. The van der Waals surface area contributed by atoms with Crippen molar-refractivity contribution >= 4 is 15.9 Å². The summed E-state index contributed by atoms with van der Waals surface area (Å²) in [7, 11) is -3.27. The highest BCUT2D eigenvalue weighted by Gasteiger charge is 2.31. The van der Waals surface area contributed by atoms with Gasteiger partial charge in [0.1, 0.15) is 0 Å². The minimum Gasteiger partial charge on any atom is -0.345 e. The van der Waals surface area contributed by atoms with Crippen molar-refractivity contribution in [2.75, 3.05) is 19.3 Å². The second-order valence-corrected chi connectivity index (χ2v) is 8.71. The Hall–Kier alpha value is -2.18. The highest BCUT2D eigenvalue weighted by atomic mass is 32.2. The number of hydrogen-bond donors (Lipinski definition) is 1. The summed E-state index contributed by atoms with van der Waals surface area (Å²) in [6.45, 7) is 0.740. The molecule has 0 saturated carbocycles. The van der Waals surface area contributed by atoms with E-state index in [-0.39, 0.29) is 24.4 Å². The van der Waals surface area contributed by atoms with Crippen molar-refractivity contribution in [1.82, 2.24) is 9.62 Å². The molecule has 1 amide bonds. The van der Waals surface area contributed by atoms with Crippen LogP contribution in [0.1, 0.15) is 30.0 Å². The molecule has 0 spiro atoms. The van der Waals surface area contributed by atoms with Crippen LogP contribution >= 0.6 is 0 Å². The number of sulfonamides is 1.